The number of benzene rings is 1. The third-order valence-electron chi connectivity index (χ3n) is 3.91. The Labute approximate surface area is 115 Å². The van der Waals surface area contributed by atoms with Crippen LogP contribution in [0.5, 0.6) is 0 Å². The first-order chi connectivity index (χ1) is 9.24. The van der Waals surface area contributed by atoms with E-state index in [-0.39, 0.29) is 19.0 Å². The number of β-amino-alcohol motifs (C(OH)–C–C–N with tert-alkyl or cyclic N) is 1. The van der Waals surface area contributed by atoms with Crippen molar-refractivity contribution in [3.8, 4) is 0 Å². The number of nitrogens with two attached hydrogens (primary N) is 1. The Bertz CT molecular complexity index is 668. The van der Waals surface area contributed by atoms with Gasteiger partial charge in [-0.3, -0.25) is 0 Å². The van der Waals surface area contributed by atoms with E-state index in [9.17, 15) is 22.3 Å². The van der Waals surface area contributed by atoms with Crippen LogP contribution < -0.4 is 5.73 Å². The van der Waals surface area contributed by atoms with Crippen LogP contribution in [0.3, 0.4) is 0 Å². The minimum atomic E-state index is -4.10. The van der Waals surface area contributed by atoms with Crippen LogP contribution >= 0.6 is 0 Å². The normalized spacial score (nSPS) is 22.6. The van der Waals surface area contributed by atoms with Gasteiger partial charge in [0.25, 0.3) is 0 Å². The van der Waals surface area contributed by atoms with Gasteiger partial charge in [0.05, 0.1) is 11.3 Å². The molecular weight excluding hydrogens is 290 g/mol. The van der Waals surface area contributed by atoms with Crippen molar-refractivity contribution in [1.29, 1.82) is 0 Å². The third-order valence-corrected chi connectivity index (χ3v) is 5.71. The molecular formula is C12H14F2N2O3S. The smallest absolute Gasteiger partial charge is 0.246 e. The van der Waals surface area contributed by atoms with Crippen molar-refractivity contribution >= 4 is 15.7 Å². The predicted octanol–water partition coefficient (Wildman–Crippen LogP) is 0.692. The Morgan fingerprint density at radius 2 is 1.85 bits per heavy atom. The lowest BCUT2D eigenvalue weighted by Gasteiger charge is -2.45. The van der Waals surface area contributed by atoms with Gasteiger partial charge in [-0.25, -0.2) is 17.2 Å². The highest BCUT2D eigenvalue weighted by Crippen LogP contribution is 2.46. The molecule has 2 aliphatic rings. The van der Waals surface area contributed by atoms with Crippen LogP contribution in [0.4, 0.5) is 14.5 Å². The second-order valence-corrected chi connectivity index (χ2v) is 7.36. The highest BCUT2D eigenvalue weighted by atomic mass is 32.2. The Morgan fingerprint density at radius 3 is 2.40 bits per heavy atom. The fraction of sp³-hybridized carbons (Fsp3) is 0.500. The number of rotatable bonds is 3. The minimum Gasteiger partial charge on any atom is -0.396 e. The number of hydrogen-bond donors (Lipinski definition) is 2. The molecule has 1 saturated carbocycles. The summed E-state index contributed by atoms with van der Waals surface area (Å²) in [7, 11) is -4.10. The second kappa shape index (κ2) is 4.12. The molecule has 1 saturated heterocycles. The van der Waals surface area contributed by atoms with Crippen LogP contribution in [-0.4, -0.2) is 36.5 Å². The van der Waals surface area contributed by atoms with Gasteiger partial charge in [-0.2, -0.15) is 4.31 Å². The number of hydrogen-bond acceptors (Lipinski definition) is 4. The minimum absolute atomic E-state index is 0.0588. The summed E-state index contributed by atoms with van der Waals surface area (Å²) in [5.74, 6) is -2.06. The molecule has 0 spiro atoms. The van der Waals surface area contributed by atoms with E-state index in [4.69, 9.17) is 5.73 Å². The Balaban J connectivity index is 1.88. The summed E-state index contributed by atoms with van der Waals surface area (Å²) >= 11 is 0. The Morgan fingerprint density at radius 1 is 1.25 bits per heavy atom. The molecule has 3 N–H and O–H groups in total. The van der Waals surface area contributed by atoms with E-state index in [0.717, 1.165) is 23.2 Å². The van der Waals surface area contributed by atoms with Crippen LogP contribution in [0.25, 0.3) is 0 Å². The highest BCUT2D eigenvalue weighted by Gasteiger charge is 2.55. The zero-order chi connectivity index (χ0) is 14.7. The lowest BCUT2D eigenvalue weighted by Crippen LogP contribution is -2.64. The summed E-state index contributed by atoms with van der Waals surface area (Å²) in [4.78, 5) is -0.658. The molecule has 0 aromatic heterocycles. The summed E-state index contributed by atoms with van der Waals surface area (Å²) in [5, 5.41) is 10.1. The van der Waals surface area contributed by atoms with Gasteiger partial charge in [0.15, 0.2) is 0 Å². The van der Waals surface area contributed by atoms with Crippen LogP contribution in [-0.2, 0) is 10.0 Å². The van der Waals surface area contributed by atoms with Crippen molar-refractivity contribution in [2.45, 2.75) is 23.3 Å². The van der Waals surface area contributed by atoms with E-state index in [1.165, 1.54) is 0 Å². The fourth-order valence-electron chi connectivity index (χ4n) is 2.49. The van der Waals surface area contributed by atoms with Crippen molar-refractivity contribution in [1.82, 2.24) is 4.31 Å². The van der Waals surface area contributed by atoms with Gasteiger partial charge in [0.1, 0.15) is 16.5 Å². The maximum absolute atomic E-state index is 13.6. The first kappa shape index (κ1) is 13.7. The van der Waals surface area contributed by atoms with Gasteiger partial charge in [-0.05, 0) is 24.8 Å². The average Bonchev–Trinajstić information content (AvgIpc) is 3.13. The largest absolute Gasteiger partial charge is 0.396 e. The van der Waals surface area contributed by atoms with E-state index in [1.807, 2.05) is 0 Å². The molecule has 110 valence electrons. The van der Waals surface area contributed by atoms with Crippen LogP contribution in [0.15, 0.2) is 17.0 Å². The molecule has 0 bridgehead atoms. The Hall–Kier alpha value is -1.25. The first-order valence-corrected chi connectivity index (χ1v) is 7.65. The molecule has 2 fully saturated rings. The van der Waals surface area contributed by atoms with Gasteiger partial charge >= 0.3 is 0 Å². The van der Waals surface area contributed by atoms with Crippen molar-refractivity contribution in [3.05, 3.63) is 23.8 Å². The molecule has 1 heterocycles. The second-order valence-electron chi connectivity index (χ2n) is 5.46. The third kappa shape index (κ3) is 1.99. The average molecular weight is 304 g/mol. The van der Waals surface area contributed by atoms with Gasteiger partial charge in [0, 0.05) is 19.2 Å². The van der Waals surface area contributed by atoms with Crippen LogP contribution in [0, 0.1) is 17.6 Å². The summed E-state index contributed by atoms with van der Waals surface area (Å²) in [6.07, 6.45) is 1.75. The monoisotopic (exact) mass is 304 g/mol. The van der Waals surface area contributed by atoms with Crippen molar-refractivity contribution in [2.24, 2.45) is 5.92 Å². The lowest BCUT2D eigenvalue weighted by atomic mass is 9.91. The molecule has 8 heteroatoms. The maximum atomic E-state index is 13.6. The van der Waals surface area contributed by atoms with Crippen molar-refractivity contribution in [2.75, 3.05) is 18.8 Å². The molecule has 1 aliphatic heterocycles. The predicted molar refractivity (Wildman–Crippen MR) is 67.2 cm³/mol. The molecule has 0 radical (unpaired) electrons. The molecule has 0 atom stereocenters. The quantitative estimate of drug-likeness (QED) is 0.805. The summed E-state index contributed by atoms with van der Waals surface area (Å²) in [5.41, 5.74) is 3.85. The molecule has 20 heavy (non-hydrogen) atoms. The van der Waals surface area contributed by atoms with E-state index >= 15 is 0 Å². The van der Waals surface area contributed by atoms with E-state index in [2.05, 4.69) is 0 Å². The van der Waals surface area contributed by atoms with E-state index in [1.54, 1.807) is 0 Å². The molecule has 0 amide bonds. The van der Waals surface area contributed by atoms with Crippen molar-refractivity contribution < 1.29 is 22.3 Å². The van der Waals surface area contributed by atoms with E-state index in [0.29, 0.717) is 6.07 Å². The lowest BCUT2D eigenvalue weighted by molar-refractivity contribution is -0.0765. The van der Waals surface area contributed by atoms with E-state index < -0.39 is 37.8 Å². The van der Waals surface area contributed by atoms with Crippen LogP contribution in [0.2, 0.25) is 0 Å². The SMILES string of the molecule is Nc1cc(S(=O)(=O)N2CC(O)(C3CC3)C2)c(F)cc1F. The standard InChI is InChI=1S/C12H14F2N2O3S/c13-8-3-9(14)11(4-10(8)15)20(18,19)16-5-12(17,6-16)7-1-2-7/h3-4,7,17H,1-2,5-6,15H2. The summed E-state index contributed by atoms with van der Waals surface area (Å²) in [6, 6.07) is 1.23. The highest BCUT2D eigenvalue weighted by molar-refractivity contribution is 7.89. The van der Waals surface area contributed by atoms with Crippen LogP contribution in [0.1, 0.15) is 12.8 Å². The topological polar surface area (TPSA) is 83.6 Å². The number of sulfonamides is 1. The number of aliphatic hydroxyl groups is 1. The van der Waals surface area contributed by atoms with Gasteiger partial charge < -0.3 is 10.8 Å². The molecule has 1 aromatic carbocycles. The van der Waals surface area contributed by atoms with Gasteiger partial charge in [-0.1, -0.05) is 0 Å². The zero-order valence-corrected chi connectivity index (χ0v) is 11.3. The first-order valence-electron chi connectivity index (χ1n) is 6.21. The van der Waals surface area contributed by atoms with Gasteiger partial charge in [0.2, 0.25) is 10.0 Å². The zero-order valence-electron chi connectivity index (χ0n) is 10.5. The number of nitrogens with zero attached hydrogens (tertiary/aromatic N) is 1. The van der Waals surface area contributed by atoms with Crippen molar-refractivity contribution in [3.63, 3.8) is 0 Å². The molecule has 1 aliphatic carbocycles. The van der Waals surface area contributed by atoms with Gasteiger partial charge in [-0.15, -0.1) is 0 Å². The molecule has 5 nitrogen and oxygen atoms in total. The number of halogens is 2. The fourth-order valence-corrected chi connectivity index (χ4v) is 4.14. The molecule has 1 aromatic rings. The number of nitrogen functional groups attached to an aromatic ring is 1. The number of anilines is 1. The molecule has 3 rings (SSSR count). The summed E-state index contributed by atoms with van der Waals surface area (Å²) in [6.45, 7) is -0.118. The Kier molecular flexibility index (Phi) is 2.83. The summed E-state index contributed by atoms with van der Waals surface area (Å²) < 4.78 is 52.2. The molecule has 0 unspecified atom stereocenters. The maximum Gasteiger partial charge on any atom is 0.246 e.